The number of benzene rings is 1. The monoisotopic (exact) mass is 268 g/mol. The third kappa shape index (κ3) is 3.07. The van der Waals surface area contributed by atoms with Crippen molar-refractivity contribution in [3.05, 3.63) is 48.4 Å². The molecule has 3 rings (SSSR count). The number of rotatable bonds is 3. The number of hydrogen-bond donors (Lipinski definition) is 1. The van der Waals surface area contributed by atoms with E-state index in [4.69, 9.17) is 0 Å². The van der Waals surface area contributed by atoms with E-state index < -0.39 is 0 Å². The van der Waals surface area contributed by atoms with Crippen molar-refractivity contribution in [3.8, 4) is 0 Å². The van der Waals surface area contributed by atoms with Crippen LogP contribution in [-0.4, -0.2) is 29.1 Å². The molecule has 1 saturated heterocycles. The molecule has 1 aromatic heterocycles. The van der Waals surface area contributed by atoms with Gasteiger partial charge in [-0.3, -0.25) is 4.98 Å². The van der Waals surface area contributed by atoms with E-state index in [0.29, 0.717) is 6.04 Å². The smallest absolute Gasteiger partial charge is 0.145 e. The number of anilines is 2. The second-order valence-electron chi connectivity index (χ2n) is 5.31. The van der Waals surface area contributed by atoms with Crippen molar-refractivity contribution in [2.45, 2.75) is 25.8 Å². The molecule has 2 heterocycles. The summed E-state index contributed by atoms with van der Waals surface area (Å²) in [7, 11) is 0. The summed E-state index contributed by atoms with van der Waals surface area (Å²) in [6.07, 6.45) is 5.96. The Kier molecular flexibility index (Phi) is 3.81. The van der Waals surface area contributed by atoms with Crippen molar-refractivity contribution in [2.75, 3.05) is 23.3 Å². The molecular formula is C16H20N4. The molecule has 0 bridgehead atoms. The van der Waals surface area contributed by atoms with Gasteiger partial charge < -0.3 is 10.2 Å². The third-order valence-electron chi connectivity index (χ3n) is 3.65. The van der Waals surface area contributed by atoms with E-state index in [1.54, 1.807) is 12.4 Å². The first-order chi connectivity index (χ1) is 9.81. The van der Waals surface area contributed by atoms with Crippen LogP contribution in [0, 0.1) is 6.92 Å². The highest BCUT2D eigenvalue weighted by Crippen LogP contribution is 2.21. The minimum absolute atomic E-state index is 0.431. The highest BCUT2D eigenvalue weighted by Gasteiger charge is 2.20. The molecule has 0 aliphatic carbocycles. The Morgan fingerprint density at radius 1 is 1.20 bits per heavy atom. The molecule has 4 nitrogen and oxygen atoms in total. The number of piperidine rings is 1. The Bertz CT molecular complexity index is 555. The number of para-hydroxylation sites is 1. The lowest BCUT2D eigenvalue weighted by molar-refractivity contribution is 0.528. The lowest BCUT2D eigenvalue weighted by Gasteiger charge is -2.35. The minimum atomic E-state index is 0.431. The van der Waals surface area contributed by atoms with Crippen molar-refractivity contribution < 1.29 is 0 Å². The zero-order valence-corrected chi connectivity index (χ0v) is 11.8. The molecule has 2 aromatic rings. The van der Waals surface area contributed by atoms with Crippen molar-refractivity contribution in [1.82, 2.24) is 9.97 Å². The minimum Gasteiger partial charge on any atom is -0.369 e. The van der Waals surface area contributed by atoms with Gasteiger partial charge in [0, 0.05) is 31.0 Å². The maximum atomic E-state index is 4.47. The molecule has 4 heteroatoms. The molecule has 0 radical (unpaired) electrons. The lowest BCUT2D eigenvalue weighted by atomic mass is 10.0. The summed E-state index contributed by atoms with van der Waals surface area (Å²) >= 11 is 0. The van der Waals surface area contributed by atoms with Gasteiger partial charge in [0.1, 0.15) is 5.82 Å². The van der Waals surface area contributed by atoms with Gasteiger partial charge in [-0.15, -0.1) is 0 Å². The van der Waals surface area contributed by atoms with Crippen LogP contribution in [0.2, 0.25) is 0 Å². The van der Waals surface area contributed by atoms with E-state index in [9.17, 15) is 0 Å². The second-order valence-corrected chi connectivity index (χ2v) is 5.31. The predicted molar refractivity (Wildman–Crippen MR) is 82.1 cm³/mol. The Morgan fingerprint density at radius 3 is 2.85 bits per heavy atom. The SMILES string of the molecule is Cc1cncc(NC2CCCN(c3ccccc3)C2)n1. The summed E-state index contributed by atoms with van der Waals surface area (Å²) in [5.74, 6) is 0.880. The Hall–Kier alpha value is -2.10. The molecule has 104 valence electrons. The molecule has 0 amide bonds. The Labute approximate surface area is 119 Å². The highest BCUT2D eigenvalue weighted by atomic mass is 15.2. The zero-order valence-electron chi connectivity index (χ0n) is 11.8. The zero-order chi connectivity index (χ0) is 13.8. The first-order valence-electron chi connectivity index (χ1n) is 7.16. The maximum absolute atomic E-state index is 4.47. The van der Waals surface area contributed by atoms with Gasteiger partial charge in [0.05, 0.1) is 11.9 Å². The number of nitrogens with one attached hydrogen (secondary N) is 1. The van der Waals surface area contributed by atoms with Crippen LogP contribution >= 0.6 is 0 Å². The summed E-state index contributed by atoms with van der Waals surface area (Å²) in [6, 6.07) is 11.0. The lowest BCUT2D eigenvalue weighted by Crippen LogP contribution is -2.42. The molecule has 1 aromatic carbocycles. The Balaban J connectivity index is 1.66. The van der Waals surface area contributed by atoms with Gasteiger partial charge in [0.2, 0.25) is 0 Å². The molecule has 1 N–H and O–H groups in total. The standard InChI is InChI=1S/C16H20N4/c1-13-10-17-11-16(18-13)19-14-6-5-9-20(12-14)15-7-3-2-4-8-15/h2-4,7-8,10-11,14H,5-6,9,12H2,1H3,(H,18,19). The van der Waals surface area contributed by atoms with Crippen LogP contribution in [0.3, 0.4) is 0 Å². The highest BCUT2D eigenvalue weighted by molar-refractivity contribution is 5.47. The molecule has 1 atom stereocenters. The third-order valence-corrected chi connectivity index (χ3v) is 3.65. The first kappa shape index (κ1) is 12.9. The van der Waals surface area contributed by atoms with Gasteiger partial charge in [-0.2, -0.15) is 0 Å². The number of aryl methyl sites for hydroxylation is 1. The van der Waals surface area contributed by atoms with Crippen LogP contribution in [0.25, 0.3) is 0 Å². The summed E-state index contributed by atoms with van der Waals surface area (Å²) < 4.78 is 0. The molecule has 20 heavy (non-hydrogen) atoms. The van der Waals surface area contributed by atoms with E-state index in [1.807, 2.05) is 6.92 Å². The van der Waals surface area contributed by atoms with Gasteiger partial charge in [-0.1, -0.05) is 18.2 Å². The molecule has 0 spiro atoms. The van der Waals surface area contributed by atoms with Crippen LogP contribution in [-0.2, 0) is 0 Å². The quantitative estimate of drug-likeness (QED) is 0.929. The normalized spacial score (nSPS) is 18.9. The van der Waals surface area contributed by atoms with E-state index in [-0.39, 0.29) is 0 Å². The van der Waals surface area contributed by atoms with E-state index in [0.717, 1.165) is 24.6 Å². The fourth-order valence-corrected chi connectivity index (χ4v) is 2.71. The average molecular weight is 268 g/mol. The number of nitrogens with zero attached hydrogens (tertiary/aromatic N) is 3. The van der Waals surface area contributed by atoms with Crippen LogP contribution in [0.4, 0.5) is 11.5 Å². The van der Waals surface area contributed by atoms with Crippen molar-refractivity contribution >= 4 is 11.5 Å². The van der Waals surface area contributed by atoms with Gasteiger partial charge >= 0.3 is 0 Å². The Morgan fingerprint density at radius 2 is 2.05 bits per heavy atom. The van der Waals surface area contributed by atoms with Gasteiger partial charge in [-0.25, -0.2) is 4.98 Å². The topological polar surface area (TPSA) is 41.1 Å². The number of aromatic nitrogens is 2. The molecule has 0 saturated carbocycles. The van der Waals surface area contributed by atoms with Crippen molar-refractivity contribution in [3.63, 3.8) is 0 Å². The fourth-order valence-electron chi connectivity index (χ4n) is 2.71. The summed E-state index contributed by atoms with van der Waals surface area (Å²) in [5.41, 5.74) is 2.25. The summed E-state index contributed by atoms with van der Waals surface area (Å²) in [6.45, 7) is 4.11. The van der Waals surface area contributed by atoms with Gasteiger partial charge in [0.15, 0.2) is 0 Å². The van der Waals surface area contributed by atoms with Crippen LogP contribution in [0.5, 0.6) is 0 Å². The fraction of sp³-hybridized carbons (Fsp3) is 0.375. The van der Waals surface area contributed by atoms with E-state index in [1.165, 1.54) is 18.5 Å². The maximum Gasteiger partial charge on any atom is 0.145 e. The molecule has 1 unspecified atom stereocenters. The second kappa shape index (κ2) is 5.90. The summed E-state index contributed by atoms with van der Waals surface area (Å²) in [4.78, 5) is 11.1. The molecule has 1 aliphatic heterocycles. The van der Waals surface area contributed by atoms with E-state index >= 15 is 0 Å². The average Bonchev–Trinajstić information content (AvgIpc) is 2.48. The number of hydrogen-bond acceptors (Lipinski definition) is 4. The molecular weight excluding hydrogens is 248 g/mol. The first-order valence-corrected chi connectivity index (χ1v) is 7.16. The molecule has 1 fully saturated rings. The van der Waals surface area contributed by atoms with Gasteiger partial charge in [-0.05, 0) is 31.9 Å². The van der Waals surface area contributed by atoms with Crippen molar-refractivity contribution in [2.24, 2.45) is 0 Å². The molecule has 1 aliphatic rings. The van der Waals surface area contributed by atoms with Crippen molar-refractivity contribution in [1.29, 1.82) is 0 Å². The van der Waals surface area contributed by atoms with Gasteiger partial charge in [0.25, 0.3) is 0 Å². The largest absolute Gasteiger partial charge is 0.369 e. The predicted octanol–water partition coefficient (Wildman–Crippen LogP) is 2.87. The van der Waals surface area contributed by atoms with Crippen LogP contribution in [0.15, 0.2) is 42.7 Å². The summed E-state index contributed by atoms with van der Waals surface area (Å²) in [5, 5.41) is 3.51. The van der Waals surface area contributed by atoms with Crippen LogP contribution in [0.1, 0.15) is 18.5 Å². The van der Waals surface area contributed by atoms with Crippen LogP contribution < -0.4 is 10.2 Å². The van der Waals surface area contributed by atoms with E-state index in [2.05, 4.69) is 50.5 Å².